The van der Waals surface area contributed by atoms with Gasteiger partial charge in [-0.3, -0.25) is 4.79 Å². The van der Waals surface area contributed by atoms with Crippen molar-refractivity contribution in [1.29, 1.82) is 0 Å². The largest absolute Gasteiger partial charge is 0.273 e. The van der Waals surface area contributed by atoms with Gasteiger partial charge in [-0.05, 0) is 25.2 Å². The molecule has 2 fully saturated rings. The van der Waals surface area contributed by atoms with Crippen LogP contribution in [0, 0.1) is 11.8 Å². The van der Waals surface area contributed by atoms with Crippen LogP contribution < -0.4 is 4.72 Å². The van der Waals surface area contributed by atoms with Crippen molar-refractivity contribution in [3.63, 3.8) is 0 Å². The molecule has 2 unspecified atom stereocenters. The monoisotopic (exact) mass is 199 g/mol. The Morgan fingerprint density at radius 1 is 1.38 bits per heavy atom. The van der Waals surface area contributed by atoms with Gasteiger partial charge in [0, 0.05) is 0 Å². The Kier molecular flexibility index (Phi) is 1.15. The van der Waals surface area contributed by atoms with E-state index in [1.54, 1.807) is 0 Å². The number of allylic oxidation sites excluding steroid dienone is 1. The number of nitrogens with one attached hydrogen (secondary N) is 1. The summed E-state index contributed by atoms with van der Waals surface area (Å²) < 4.78 is 25.0. The molecule has 1 amide bonds. The minimum absolute atomic E-state index is 0.266. The first-order chi connectivity index (χ1) is 6.09. The summed E-state index contributed by atoms with van der Waals surface area (Å²) in [6.45, 7) is 0. The number of amides is 1. The summed E-state index contributed by atoms with van der Waals surface area (Å²) in [6.07, 6.45) is 2.67. The molecule has 1 heterocycles. The van der Waals surface area contributed by atoms with Gasteiger partial charge in [0.2, 0.25) is 5.91 Å². The maximum absolute atomic E-state index is 11.5. The summed E-state index contributed by atoms with van der Waals surface area (Å²) in [5, 5.41) is 0. The highest BCUT2D eigenvalue weighted by atomic mass is 32.2. The summed E-state index contributed by atoms with van der Waals surface area (Å²) in [5.74, 6) is -0.384. The van der Waals surface area contributed by atoms with Gasteiger partial charge < -0.3 is 0 Å². The number of fused-ring (bicyclic) bond motifs is 4. The Morgan fingerprint density at radius 2 is 2.15 bits per heavy atom. The van der Waals surface area contributed by atoms with Crippen molar-refractivity contribution >= 4 is 15.9 Å². The highest BCUT2D eigenvalue weighted by Gasteiger charge is 2.53. The van der Waals surface area contributed by atoms with Gasteiger partial charge in [-0.1, -0.05) is 5.57 Å². The van der Waals surface area contributed by atoms with Crippen molar-refractivity contribution in [3.8, 4) is 0 Å². The maximum Gasteiger partial charge on any atom is 0.260 e. The molecule has 2 bridgehead atoms. The average Bonchev–Trinajstić information content (AvgIpc) is 2.63. The van der Waals surface area contributed by atoms with Crippen molar-refractivity contribution in [1.82, 2.24) is 4.72 Å². The van der Waals surface area contributed by atoms with Crippen LogP contribution in [0.4, 0.5) is 0 Å². The highest BCUT2D eigenvalue weighted by molar-refractivity contribution is 7.94. The SMILES string of the molecule is O=C1NS(=O)(=O)C2=C3CCC(C3)C12. The Morgan fingerprint density at radius 3 is 2.85 bits per heavy atom. The maximum atomic E-state index is 11.5. The van der Waals surface area contributed by atoms with E-state index >= 15 is 0 Å². The lowest BCUT2D eigenvalue weighted by Crippen LogP contribution is -2.24. The third-order valence-corrected chi connectivity index (χ3v) is 4.83. The normalized spacial score (nSPS) is 39.5. The Balaban J connectivity index is 2.28. The van der Waals surface area contributed by atoms with Crippen LogP contribution >= 0.6 is 0 Å². The van der Waals surface area contributed by atoms with Crippen LogP contribution in [-0.2, 0) is 14.8 Å². The molecule has 0 aromatic heterocycles. The summed E-state index contributed by atoms with van der Waals surface area (Å²) in [4.78, 5) is 11.7. The van der Waals surface area contributed by atoms with Gasteiger partial charge in [-0.15, -0.1) is 0 Å². The molecular weight excluding hydrogens is 190 g/mol. The quantitative estimate of drug-likeness (QED) is 0.603. The fourth-order valence-corrected chi connectivity index (χ4v) is 4.46. The van der Waals surface area contributed by atoms with Gasteiger partial charge in [0.05, 0.1) is 10.8 Å². The number of hydrogen-bond acceptors (Lipinski definition) is 3. The fourth-order valence-electron chi connectivity index (χ4n) is 2.76. The van der Waals surface area contributed by atoms with Crippen molar-refractivity contribution in [2.75, 3.05) is 0 Å². The predicted octanol–water partition coefficient (Wildman–Crippen LogP) is 0.130. The third kappa shape index (κ3) is 0.757. The van der Waals surface area contributed by atoms with Gasteiger partial charge >= 0.3 is 0 Å². The van der Waals surface area contributed by atoms with E-state index in [1.807, 2.05) is 0 Å². The van der Waals surface area contributed by atoms with Crippen molar-refractivity contribution in [2.24, 2.45) is 11.8 Å². The molecule has 0 radical (unpaired) electrons. The third-order valence-electron chi connectivity index (χ3n) is 3.23. The molecule has 1 N–H and O–H groups in total. The molecule has 2 atom stereocenters. The number of hydrogen-bond donors (Lipinski definition) is 1. The fraction of sp³-hybridized carbons (Fsp3) is 0.625. The first-order valence-corrected chi connectivity index (χ1v) is 5.86. The van der Waals surface area contributed by atoms with Crippen molar-refractivity contribution in [3.05, 3.63) is 10.5 Å². The molecule has 0 spiro atoms. The van der Waals surface area contributed by atoms with Gasteiger partial charge in [0.15, 0.2) is 0 Å². The minimum atomic E-state index is -3.42. The minimum Gasteiger partial charge on any atom is -0.273 e. The van der Waals surface area contributed by atoms with Gasteiger partial charge in [-0.25, -0.2) is 13.1 Å². The van der Waals surface area contributed by atoms with Crippen molar-refractivity contribution < 1.29 is 13.2 Å². The van der Waals surface area contributed by atoms with Crippen molar-refractivity contribution in [2.45, 2.75) is 19.3 Å². The van der Waals surface area contributed by atoms with Crippen LogP contribution in [0.1, 0.15) is 19.3 Å². The summed E-state index contributed by atoms with van der Waals surface area (Å²) in [6, 6.07) is 0. The van der Waals surface area contributed by atoms with Gasteiger partial charge in [0.25, 0.3) is 10.0 Å². The van der Waals surface area contributed by atoms with Crippen LogP contribution in [0.5, 0.6) is 0 Å². The van der Waals surface area contributed by atoms with Gasteiger partial charge in [0.1, 0.15) is 0 Å². The molecule has 1 aliphatic heterocycles. The second-order valence-electron chi connectivity index (χ2n) is 3.92. The molecule has 13 heavy (non-hydrogen) atoms. The van der Waals surface area contributed by atoms with E-state index in [9.17, 15) is 13.2 Å². The summed E-state index contributed by atoms with van der Waals surface area (Å²) in [7, 11) is -3.42. The van der Waals surface area contributed by atoms with E-state index in [4.69, 9.17) is 0 Å². The number of rotatable bonds is 0. The summed E-state index contributed by atoms with van der Waals surface area (Å²) in [5.41, 5.74) is 0.994. The molecule has 4 nitrogen and oxygen atoms in total. The van der Waals surface area contributed by atoms with Crippen LogP contribution in [0.25, 0.3) is 0 Å². The number of carbonyl (C=O) groups is 1. The van der Waals surface area contributed by atoms with Crippen LogP contribution in [0.15, 0.2) is 10.5 Å². The Bertz CT molecular complexity index is 434. The molecule has 3 rings (SSSR count). The molecule has 3 aliphatic rings. The molecule has 2 aliphatic carbocycles. The zero-order valence-corrected chi connectivity index (χ0v) is 7.73. The standard InChI is InChI=1S/C8H9NO3S/c10-8-6-4-1-2-5(3-4)7(6)13(11,12)9-8/h4,6H,1-3H2,(H,9,10). The first-order valence-electron chi connectivity index (χ1n) is 4.38. The number of carbonyl (C=O) groups excluding carboxylic acids is 1. The second kappa shape index (κ2) is 1.97. The van der Waals surface area contributed by atoms with E-state index in [1.165, 1.54) is 0 Å². The highest BCUT2D eigenvalue weighted by Crippen LogP contribution is 2.52. The molecule has 1 saturated heterocycles. The second-order valence-corrected chi connectivity index (χ2v) is 5.57. The van der Waals surface area contributed by atoms with E-state index in [-0.39, 0.29) is 17.7 Å². The van der Waals surface area contributed by atoms with Crippen LogP contribution in [0.3, 0.4) is 0 Å². The molecule has 5 heteroatoms. The lowest BCUT2D eigenvalue weighted by molar-refractivity contribution is -0.122. The lowest BCUT2D eigenvalue weighted by atomic mass is 9.92. The Hall–Kier alpha value is -0.840. The zero-order valence-electron chi connectivity index (χ0n) is 6.91. The average molecular weight is 199 g/mol. The molecule has 1 saturated carbocycles. The molecule has 0 aromatic rings. The summed E-state index contributed by atoms with van der Waals surface area (Å²) >= 11 is 0. The molecule has 0 aromatic carbocycles. The number of sulfonamides is 1. The van der Waals surface area contributed by atoms with E-state index in [0.717, 1.165) is 24.8 Å². The smallest absolute Gasteiger partial charge is 0.260 e. The van der Waals surface area contributed by atoms with E-state index in [2.05, 4.69) is 4.72 Å². The first kappa shape index (κ1) is 7.55. The topological polar surface area (TPSA) is 63.2 Å². The van der Waals surface area contributed by atoms with E-state index < -0.39 is 10.0 Å². The molecule has 70 valence electrons. The van der Waals surface area contributed by atoms with Gasteiger partial charge in [-0.2, -0.15) is 0 Å². The van der Waals surface area contributed by atoms with Crippen LogP contribution in [0.2, 0.25) is 0 Å². The Labute approximate surface area is 76.1 Å². The molecular formula is C8H9NO3S. The van der Waals surface area contributed by atoms with E-state index in [0.29, 0.717) is 4.91 Å². The lowest BCUT2D eigenvalue weighted by Gasteiger charge is -2.12. The zero-order chi connectivity index (χ0) is 9.22. The predicted molar refractivity (Wildman–Crippen MR) is 44.9 cm³/mol. The van der Waals surface area contributed by atoms with Crippen LogP contribution in [-0.4, -0.2) is 14.3 Å².